The summed E-state index contributed by atoms with van der Waals surface area (Å²) in [6.07, 6.45) is 0. The molecule has 0 aliphatic rings. The first kappa shape index (κ1) is 15.0. The van der Waals surface area contributed by atoms with Crippen LogP contribution in [0.5, 0.6) is 0 Å². The van der Waals surface area contributed by atoms with Gasteiger partial charge in [0.05, 0.1) is 10.8 Å². The van der Waals surface area contributed by atoms with Crippen molar-refractivity contribution in [2.45, 2.75) is 25.7 Å². The molecule has 1 unspecified atom stereocenters. The third-order valence-electron chi connectivity index (χ3n) is 3.18. The molecule has 0 aromatic heterocycles. The molecule has 2 rings (SSSR count). The van der Waals surface area contributed by atoms with Crippen LogP contribution < -0.4 is 0 Å². The van der Waals surface area contributed by atoms with Gasteiger partial charge in [0.25, 0.3) is 0 Å². The molecule has 0 aliphatic heterocycles. The van der Waals surface area contributed by atoms with Gasteiger partial charge in [-0.05, 0) is 44.0 Å². The van der Waals surface area contributed by atoms with Crippen LogP contribution in [0.4, 0.5) is 0 Å². The molecular formula is C17H17ClOS. The van der Waals surface area contributed by atoms with Gasteiger partial charge in [-0.25, -0.2) is 4.21 Å². The third kappa shape index (κ3) is 3.38. The predicted molar refractivity (Wildman–Crippen MR) is 87.2 cm³/mol. The Kier molecular flexibility index (Phi) is 4.79. The van der Waals surface area contributed by atoms with Crippen molar-refractivity contribution in [2.24, 2.45) is 0 Å². The highest BCUT2D eigenvalue weighted by Crippen LogP contribution is 2.27. The van der Waals surface area contributed by atoms with E-state index in [2.05, 4.69) is 0 Å². The number of hydrogen-bond donors (Lipinski definition) is 0. The molecular weight excluding hydrogens is 288 g/mol. The van der Waals surface area contributed by atoms with Crippen molar-refractivity contribution >= 4 is 28.0 Å². The van der Waals surface area contributed by atoms with Gasteiger partial charge in [-0.2, -0.15) is 0 Å². The number of hydrogen-bond acceptors (Lipinski definition) is 1. The van der Waals surface area contributed by atoms with Gasteiger partial charge >= 0.3 is 0 Å². The Bertz CT molecular complexity index is 654. The van der Waals surface area contributed by atoms with E-state index >= 15 is 0 Å². The molecule has 104 valence electrons. The van der Waals surface area contributed by atoms with E-state index < -0.39 is 10.8 Å². The van der Waals surface area contributed by atoms with Crippen molar-refractivity contribution in [2.75, 3.05) is 0 Å². The lowest BCUT2D eigenvalue weighted by Gasteiger charge is -2.07. The molecule has 20 heavy (non-hydrogen) atoms. The molecule has 1 nitrogen and oxygen atoms in total. The molecule has 0 aliphatic carbocycles. The summed E-state index contributed by atoms with van der Waals surface area (Å²) < 4.78 is 12.8. The van der Waals surface area contributed by atoms with Gasteiger partial charge in [0.15, 0.2) is 0 Å². The number of aryl methyl sites for hydroxylation is 2. The second kappa shape index (κ2) is 6.38. The standard InChI is InChI=1S/C17H17ClOS/c1-12-4-8-15(9-5-12)14(3)17(18)20(19)16-10-6-13(2)7-11-16/h4-11H,1-3H3/b17-14-. The van der Waals surface area contributed by atoms with Crippen molar-refractivity contribution in [3.8, 4) is 0 Å². The molecule has 0 fully saturated rings. The van der Waals surface area contributed by atoms with E-state index in [-0.39, 0.29) is 0 Å². The molecule has 0 saturated carbocycles. The van der Waals surface area contributed by atoms with Crippen molar-refractivity contribution in [1.82, 2.24) is 0 Å². The van der Waals surface area contributed by atoms with Crippen LogP contribution in [0.15, 0.2) is 57.8 Å². The first-order valence-corrected chi connectivity index (χ1v) is 7.93. The minimum absolute atomic E-state index is 0.387. The Balaban J connectivity index is 2.35. The number of allylic oxidation sites excluding steroid dienone is 1. The first-order chi connectivity index (χ1) is 9.49. The summed E-state index contributed by atoms with van der Waals surface area (Å²) in [5.41, 5.74) is 4.19. The van der Waals surface area contributed by atoms with Gasteiger partial charge in [-0.3, -0.25) is 0 Å². The summed E-state index contributed by atoms with van der Waals surface area (Å²) in [6.45, 7) is 5.94. The Hall–Kier alpha value is -1.38. The van der Waals surface area contributed by atoms with Gasteiger partial charge in [0.2, 0.25) is 0 Å². The SMILES string of the molecule is C/C(=C(\Cl)S(=O)c1ccc(C)cc1)c1ccc(C)cc1. The lowest BCUT2D eigenvalue weighted by Crippen LogP contribution is -1.94. The predicted octanol–water partition coefficient (Wildman–Crippen LogP) is 5.04. The first-order valence-electron chi connectivity index (χ1n) is 6.41. The molecule has 0 radical (unpaired) electrons. The highest BCUT2D eigenvalue weighted by Gasteiger charge is 2.12. The zero-order valence-electron chi connectivity index (χ0n) is 11.8. The zero-order chi connectivity index (χ0) is 14.7. The van der Waals surface area contributed by atoms with E-state index in [0.717, 1.165) is 21.6 Å². The summed E-state index contributed by atoms with van der Waals surface area (Å²) in [5.74, 6) is 0. The molecule has 1 atom stereocenters. The van der Waals surface area contributed by atoms with E-state index in [9.17, 15) is 4.21 Å². The highest BCUT2D eigenvalue weighted by atomic mass is 35.5. The second-order valence-electron chi connectivity index (χ2n) is 4.85. The monoisotopic (exact) mass is 304 g/mol. The molecule has 0 amide bonds. The molecule has 2 aromatic rings. The smallest absolute Gasteiger partial charge is 0.113 e. The molecule has 0 bridgehead atoms. The Morgan fingerprint density at radius 3 is 1.85 bits per heavy atom. The molecule has 3 heteroatoms. The molecule has 0 heterocycles. The van der Waals surface area contributed by atoms with Crippen LogP contribution in [0.25, 0.3) is 5.57 Å². The van der Waals surface area contributed by atoms with Crippen LogP contribution in [0.1, 0.15) is 23.6 Å². The molecule has 0 saturated heterocycles. The topological polar surface area (TPSA) is 17.1 Å². The maximum atomic E-state index is 12.5. The lowest BCUT2D eigenvalue weighted by molar-refractivity contribution is 0.688. The van der Waals surface area contributed by atoms with Crippen molar-refractivity contribution in [1.29, 1.82) is 0 Å². The summed E-state index contributed by atoms with van der Waals surface area (Å²) in [6, 6.07) is 15.7. The number of rotatable bonds is 3. The Morgan fingerprint density at radius 1 is 0.900 bits per heavy atom. The van der Waals surface area contributed by atoms with Gasteiger partial charge < -0.3 is 0 Å². The van der Waals surface area contributed by atoms with Crippen LogP contribution >= 0.6 is 11.6 Å². The van der Waals surface area contributed by atoms with Crippen LogP contribution in [-0.4, -0.2) is 4.21 Å². The summed E-state index contributed by atoms with van der Waals surface area (Å²) >= 11 is 6.31. The van der Waals surface area contributed by atoms with Gasteiger partial charge in [-0.15, -0.1) is 0 Å². The number of benzene rings is 2. The molecule has 0 spiro atoms. The Morgan fingerprint density at radius 2 is 1.35 bits per heavy atom. The van der Waals surface area contributed by atoms with E-state index in [4.69, 9.17) is 11.6 Å². The Labute approximate surface area is 127 Å². The highest BCUT2D eigenvalue weighted by molar-refractivity contribution is 7.91. The minimum Gasteiger partial charge on any atom is -0.248 e. The number of halogens is 1. The van der Waals surface area contributed by atoms with E-state index in [1.54, 1.807) is 0 Å². The largest absolute Gasteiger partial charge is 0.248 e. The minimum atomic E-state index is -1.33. The maximum absolute atomic E-state index is 12.5. The lowest BCUT2D eigenvalue weighted by atomic mass is 10.1. The average molecular weight is 305 g/mol. The van der Waals surface area contributed by atoms with E-state index in [1.165, 1.54) is 5.56 Å². The average Bonchev–Trinajstić information content (AvgIpc) is 2.46. The fraction of sp³-hybridized carbons (Fsp3) is 0.176. The van der Waals surface area contributed by atoms with E-state index in [1.807, 2.05) is 69.3 Å². The quantitative estimate of drug-likeness (QED) is 0.776. The van der Waals surface area contributed by atoms with Crippen molar-refractivity contribution in [3.05, 3.63) is 69.6 Å². The van der Waals surface area contributed by atoms with Crippen molar-refractivity contribution in [3.63, 3.8) is 0 Å². The van der Waals surface area contributed by atoms with Crippen LogP contribution in [-0.2, 0) is 10.8 Å². The molecule has 0 N–H and O–H groups in total. The van der Waals surface area contributed by atoms with Gasteiger partial charge in [0, 0.05) is 4.90 Å². The van der Waals surface area contributed by atoms with Crippen molar-refractivity contribution < 1.29 is 4.21 Å². The fourth-order valence-corrected chi connectivity index (χ4v) is 3.18. The van der Waals surface area contributed by atoms with Gasteiger partial charge in [-0.1, -0.05) is 59.1 Å². The van der Waals surface area contributed by atoms with E-state index in [0.29, 0.717) is 4.36 Å². The van der Waals surface area contributed by atoms with Crippen LogP contribution in [0, 0.1) is 13.8 Å². The maximum Gasteiger partial charge on any atom is 0.113 e. The zero-order valence-corrected chi connectivity index (χ0v) is 13.4. The van der Waals surface area contributed by atoms with Crippen LogP contribution in [0.3, 0.4) is 0 Å². The third-order valence-corrected chi connectivity index (χ3v) is 5.21. The summed E-state index contributed by atoms with van der Waals surface area (Å²) in [5, 5.41) is 0. The van der Waals surface area contributed by atoms with Gasteiger partial charge in [0.1, 0.15) is 4.36 Å². The summed E-state index contributed by atoms with van der Waals surface area (Å²) in [7, 11) is -1.33. The molecule has 2 aromatic carbocycles. The van der Waals surface area contributed by atoms with Crippen LogP contribution in [0.2, 0.25) is 0 Å². The normalized spacial score (nSPS) is 13.8. The fourth-order valence-electron chi connectivity index (χ4n) is 1.82. The second-order valence-corrected chi connectivity index (χ2v) is 6.87. The summed E-state index contributed by atoms with van der Waals surface area (Å²) in [4.78, 5) is 0.729.